The molecule has 0 aromatic heterocycles. The number of hydrogen-bond acceptors (Lipinski definition) is 7. The first-order chi connectivity index (χ1) is 10.6. The van der Waals surface area contributed by atoms with E-state index in [9.17, 15) is 4.79 Å². The summed E-state index contributed by atoms with van der Waals surface area (Å²) in [6, 6.07) is 0. The van der Waals surface area contributed by atoms with Gasteiger partial charge in [-0.1, -0.05) is 6.58 Å². The molecule has 3 saturated heterocycles. The van der Waals surface area contributed by atoms with Crippen LogP contribution in [-0.4, -0.2) is 54.9 Å². The summed E-state index contributed by atoms with van der Waals surface area (Å²) in [5, 5.41) is 0. The summed E-state index contributed by atoms with van der Waals surface area (Å²) in [5.74, 6) is -1.97. The maximum Gasteiger partial charge on any atom is 0.335 e. The van der Waals surface area contributed by atoms with Crippen LogP contribution in [0.5, 0.6) is 0 Å². The standard InChI is InChI=1S/C16H24O7/c1-8(2)13(17)20-14-12-11(22-16(5,6)23-12)10(19-14)9-7-18-15(3,4)21-9/h9-12,14H,1,7H2,2-6H3/t9-,10-,11+,12+,14?/m1/s1. The van der Waals surface area contributed by atoms with E-state index in [1.54, 1.807) is 6.92 Å². The highest BCUT2D eigenvalue weighted by atomic mass is 16.8. The van der Waals surface area contributed by atoms with Gasteiger partial charge in [-0.15, -0.1) is 0 Å². The van der Waals surface area contributed by atoms with Crippen LogP contribution in [0.1, 0.15) is 34.6 Å². The highest BCUT2D eigenvalue weighted by molar-refractivity contribution is 5.87. The van der Waals surface area contributed by atoms with Crippen molar-refractivity contribution < 1.29 is 33.2 Å². The highest BCUT2D eigenvalue weighted by Gasteiger charge is 2.60. The summed E-state index contributed by atoms with van der Waals surface area (Å²) in [6.45, 7) is 12.9. The summed E-state index contributed by atoms with van der Waals surface area (Å²) >= 11 is 0. The molecule has 0 aromatic rings. The molecule has 3 fully saturated rings. The third kappa shape index (κ3) is 3.29. The van der Waals surface area contributed by atoms with Crippen molar-refractivity contribution in [3.05, 3.63) is 12.2 Å². The van der Waals surface area contributed by atoms with Crippen molar-refractivity contribution in [3.63, 3.8) is 0 Å². The van der Waals surface area contributed by atoms with E-state index < -0.39 is 42.1 Å². The Morgan fingerprint density at radius 3 is 2.26 bits per heavy atom. The summed E-state index contributed by atoms with van der Waals surface area (Å²) in [6.07, 6.45) is -2.51. The fourth-order valence-corrected chi connectivity index (χ4v) is 3.07. The Balaban J connectivity index is 1.76. The maximum absolute atomic E-state index is 11.8. The Labute approximate surface area is 135 Å². The molecule has 0 amide bonds. The Morgan fingerprint density at radius 2 is 1.70 bits per heavy atom. The van der Waals surface area contributed by atoms with Crippen LogP contribution in [0, 0.1) is 0 Å². The molecule has 3 aliphatic heterocycles. The predicted molar refractivity (Wildman–Crippen MR) is 78.3 cm³/mol. The van der Waals surface area contributed by atoms with E-state index in [1.165, 1.54) is 0 Å². The van der Waals surface area contributed by atoms with Gasteiger partial charge in [-0.2, -0.15) is 0 Å². The van der Waals surface area contributed by atoms with E-state index in [0.717, 1.165) is 0 Å². The average Bonchev–Trinajstić information content (AvgIpc) is 3.01. The van der Waals surface area contributed by atoms with Crippen molar-refractivity contribution in [1.29, 1.82) is 0 Å². The van der Waals surface area contributed by atoms with Gasteiger partial charge in [0, 0.05) is 5.57 Å². The number of fused-ring (bicyclic) bond motifs is 1. The molecule has 3 aliphatic rings. The second kappa shape index (κ2) is 5.53. The molecule has 0 saturated carbocycles. The van der Waals surface area contributed by atoms with Gasteiger partial charge in [-0.05, 0) is 34.6 Å². The first-order valence-electron chi connectivity index (χ1n) is 7.77. The molecular formula is C16H24O7. The Hall–Kier alpha value is -0.990. The summed E-state index contributed by atoms with van der Waals surface area (Å²) in [4.78, 5) is 11.8. The van der Waals surface area contributed by atoms with Crippen LogP contribution in [0.15, 0.2) is 12.2 Å². The molecular weight excluding hydrogens is 304 g/mol. The summed E-state index contributed by atoms with van der Waals surface area (Å²) in [7, 11) is 0. The number of carbonyl (C=O) groups is 1. The third-order valence-corrected chi connectivity index (χ3v) is 4.02. The topological polar surface area (TPSA) is 72.5 Å². The molecule has 7 nitrogen and oxygen atoms in total. The van der Waals surface area contributed by atoms with E-state index >= 15 is 0 Å². The minimum atomic E-state index is -0.858. The Kier molecular flexibility index (Phi) is 4.05. The average molecular weight is 328 g/mol. The number of ether oxygens (including phenoxy) is 6. The fourth-order valence-electron chi connectivity index (χ4n) is 3.07. The molecule has 3 rings (SSSR count). The van der Waals surface area contributed by atoms with E-state index in [0.29, 0.717) is 12.2 Å². The van der Waals surface area contributed by atoms with Gasteiger partial charge >= 0.3 is 5.97 Å². The SMILES string of the molecule is C=C(C)C(=O)OC1O[C@H]([C@H]2COC(C)(C)O2)[C@@H]2OC(C)(C)O[C@H]12. The van der Waals surface area contributed by atoms with Crippen molar-refractivity contribution >= 4 is 5.97 Å². The molecule has 23 heavy (non-hydrogen) atoms. The first kappa shape index (κ1) is 16.9. The van der Waals surface area contributed by atoms with E-state index in [4.69, 9.17) is 28.4 Å². The Morgan fingerprint density at radius 1 is 1.04 bits per heavy atom. The van der Waals surface area contributed by atoms with Crippen molar-refractivity contribution in [2.24, 2.45) is 0 Å². The van der Waals surface area contributed by atoms with Gasteiger partial charge in [0.1, 0.15) is 18.3 Å². The lowest BCUT2D eigenvalue weighted by atomic mass is 10.1. The second-order valence-corrected chi connectivity index (χ2v) is 7.09. The van der Waals surface area contributed by atoms with Gasteiger partial charge < -0.3 is 28.4 Å². The zero-order chi connectivity index (χ0) is 17.0. The quantitative estimate of drug-likeness (QED) is 0.574. The van der Waals surface area contributed by atoms with Gasteiger partial charge in [0.15, 0.2) is 17.7 Å². The zero-order valence-electron chi connectivity index (χ0n) is 14.2. The van der Waals surface area contributed by atoms with Crippen LogP contribution in [0.2, 0.25) is 0 Å². The lowest BCUT2D eigenvalue weighted by Gasteiger charge is -2.26. The summed E-state index contributed by atoms with van der Waals surface area (Å²) in [5.41, 5.74) is 0.299. The number of carbonyl (C=O) groups excluding carboxylic acids is 1. The minimum absolute atomic E-state index is 0.299. The van der Waals surface area contributed by atoms with E-state index in [2.05, 4.69) is 6.58 Å². The largest absolute Gasteiger partial charge is 0.429 e. The van der Waals surface area contributed by atoms with Gasteiger partial charge in [0.2, 0.25) is 6.29 Å². The molecule has 5 atom stereocenters. The molecule has 3 heterocycles. The maximum atomic E-state index is 11.8. The first-order valence-corrected chi connectivity index (χ1v) is 7.77. The lowest BCUT2D eigenvalue weighted by molar-refractivity contribution is -0.243. The molecule has 7 heteroatoms. The lowest BCUT2D eigenvalue weighted by Crippen LogP contribution is -2.40. The molecule has 0 aliphatic carbocycles. The molecule has 0 N–H and O–H groups in total. The second-order valence-electron chi connectivity index (χ2n) is 7.09. The van der Waals surface area contributed by atoms with Crippen molar-refractivity contribution in [2.45, 2.75) is 76.9 Å². The van der Waals surface area contributed by atoms with Crippen LogP contribution in [0.3, 0.4) is 0 Å². The van der Waals surface area contributed by atoms with Gasteiger partial charge in [-0.25, -0.2) is 4.79 Å². The van der Waals surface area contributed by atoms with Crippen LogP contribution in [0.4, 0.5) is 0 Å². The molecule has 1 unspecified atom stereocenters. The molecule has 0 spiro atoms. The minimum Gasteiger partial charge on any atom is -0.429 e. The van der Waals surface area contributed by atoms with Gasteiger partial charge in [-0.3, -0.25) is 0 Å². The van der Waals surface area contributed by atoms with Crippen molar-refractivity contribution in [1.82, 2.24) is 0 Å². The summed E-state index contributed by atoms with van der Waals surface area (Å²) < 4.78 is 34.5. The normalized spacial score (nSPS) is 40.8. The molecule has 0 radical (unpaired) electrons. The molecule has 0 aromatic carbocycles. The number of hydrogen-bond donors (Lipinski definition) is 0. The monoisotopic (exact) mass is 328 g/mol. The molecule has 130 valence electrons. The van der Waals surface area contributed by atoms with Crippen LogP contribution >= 0.6 is 0 Å². The van der Waals surface area contributed by atoms with Crippen LogP contribution in [0.25, 0.3) is 0 Å². The van der Waals surface area contributed by atoms with Crippen molar-refractivity contribution in [3.8, 4) is 0 Å². The van der Waals surface area contributed by atoms with Crippen LogP contribution in [-0.2, 0) is 33.2 Å². The van der Waals surface area contributed by atoms with Crippen molar-refractivity contribution in [2.75, 3.05) is 6.61 Å². The number of rotatable bonds is 3. The number of esters is 1. The van der Waals surface area contributed by atoms with Gasteiger partial charge in [0.05, 0.1) is 6.61 Å². The highest BCUT2D eigenvalue weighted by Crippen LogP contribution is 2.42. The van der Waals surface area contributed by atoms with E-state index in [1.807, 2.05) is 27.7 Å². The fraction of sp³-hybridized carbons (Fsp3) is 0.812. The Bertz CT molecular complexity index is 513. The smallest absolute Gasteiger partial charge is 0.335 e. The zero-order valence-corrected chi connectivity index (χ0v) is 14.2. The van der Waals surface area contributed by atoms with E-state index in [-0.39, 0.29) is 6.10 Å². The van der Waals surface area contributed by atoms with Crippen LogP contribution < -0.4 is 0 Å². The predicted octanol–water partition coefficient (Wildman–Crippen LogP) is 1.50. The van der Waals surface area contributed by atoms with Gasteiger partial charge in [0.25, 0.3) is 0 Å². The molecule has 0 bridgehead atoms. The third-order valence-electron chi connectivity index (χ3n) is 4.02.